The molecule has 1 fully saturated rings. The number of carbonyl (C=O) groups is 1. The number of para-hydroxylation sites is 1. The molecule has 0 N–H and O–H groups in total. The Labute approximate surface area is 147 Å². The molecule has 6 heteroatoms. The molecule has 1 unspecified atom stereocenters. The van der Waals surface area contributed by atoms with Crippen LogP contribution in [0.4, 0.5) is 5.69 Å². The largest absolute Gasteiger partial charge is 0.306 e. The molecule has 2 aromatic rings. The molecule has 1 aliphatic rings. The van der Waals surface area contributed by atoms with Gasteiger partial charge in [0.15, 0.2) is 0 Å². The lowest BCUT2D eigenvalue weighted by Gasteiger charge is -2.40. The number of aromatic nitrogens is 2. The quantitative estimate of drug-likeness (QED) is 0.800. The first-order chi connectivity index (χ1) is 11.5. The molecule has 0 saturated carbocycles. The Bertz CT molecular complexity index is 742. The first kappa shape index (κ1) is 17.0. The molecule has 1 atom stereocenters. The average Bonchev–Trinajstić information content (AvgIpc) is 2.87. The molecule has 0 spiro atoms. The van der Waals surface area contributed by atoms with E-state index < -0.39 is 0 Å². The molecule has 3 rings (SSSR count). The van der Waals surface area contributed by atoms with Crippen LogP contribution in [0.1, 0.15) is 18.2 Å². The van der Waals surface area contributed by atoms with E-state index in [2.05, 4.69) is 36.2 Å². The zero-order valence-corrected chi connectivity index (χ0v) is 15.5. The summed E-state index contributed by atoms with van der Waals surface area (Å²) in [5, 5.41) is 4.30. The number of amides is 1. The fraction of sp³-hybridized carbons (Fsp3) is 0.444. The third-order valence-corrected chi connectivity index (χ3v) is 5.45. The summed E-state index contributed by atoms with van der Waals surface area (Å²) in [6.07, 6.45) is 3.95. The highest BCUT2D eigenvalue weighted by atomic mass is 32.2. The van der Waals surface area contributed by atoms with E-state index in [0.717, 1.165) is 29.4 Å². The number of carbonyl (C=O) groups excluding carboxylic acids is 1. The molecular weight excluding hydrogens is 320 g/mol. The summed E-state index contributed by atoms with van der Waals surface area (Å²) in [7, 11) is 1.95. The van der Waals surface area contributed by atoms with Gasteiger partial charge in [0, 0.05) is 42.3 Å². The Balaban J connectivity index is 1.77. The van der Waals surface area contributed by atoms with Gasteiger partial charge in [-0.05, 0) is 32.2 Å². The van der Waals surface area contributed by atoms with Crippen LogP contribution in [-0.4, -0.2) is 46.0 Å². The fourth-order valence-corrected chi connectivity index (χ4v) is 3.88. The number of hydrogen-bond acceptors (Lipinski definition) is 4. The van der Waals surface area contributed by atoms with Gasteiger partial charge in [0.05, 0.1) is 18.4 Å². The lowest BCUT2D eigenvalue weighted by atomic mass is 10.1. The first-order valence-electron chi connectivity index (χ1n) is 8.16. The standard InChI is InChI=1S/C18H24N4OS/c1-13-10-21(11-15-9-19-20(3)14(15)2)12-18(23)22(13)16-7-5-6-8-17(16)24-4/h5-9,13H,10-12H2,1-4H3. The monoisotopic (exact) mass is 344 g/mol. The van der Waals surface area contributed by atoms with Crippen LogP contribution < -0.4 is 4.90 Å². The van der Waals surface area contributed by atoms with E-state index in [0.29, 0.717) is 6.54 Å². The summed E-state index contributed by atoms with van der Waals surface area (Å²) < 4.78 is 1.88. The fourth-order valence-electron chi connectivity index (χ4n) is 3.29. The molecule has 24 heavy (non-hydrogen) atoms. The number of benzene rings is 1. The maximum absolute atomic E-state index is 12.8. The summed E-state index contributed by atoms with van der Waals surface area (Å²) in [5.74, 6) is 0.164. The van der Waals surface area contributed by atoms with Crippen molar-refractivity contribution in [2.45, 2.75) is 31.3 Å². The Hall–Kier alpha value is -1.79. The smallest absolute Gasteiger partial charge is 0.241 e. The van der Waals surface area contributed by atoms with Crippen molar-refractivity contribution < 1.29 is 4.79 Å². The number of anilines is 1. The highest BCUT2D eigenvalue weighted by Crippen LogP contribution is 2.31. The van der Waals surface area contributed by atoms with Crippen molar-refractivity contribution in [3.8, 4) is 0 Å². The normalized spacial score (nSPS) is 19.1. The van der Waals surface area contributed by atoms with E-state index in [-0.39, 0.29) is 11.9 Å². The molecule has 1 amide bonds. The number of aryl methyl sites for hydroxylation is 1. The van der Waals surface area contributed by atoms with Crippen molar-refractivity contribution in [2.24, 2.45) is 7.05 Å². The Kier molecular flexibility index (Phi) is 4.96. The number of rotatable bonds is 4. The molecule has 0 aliphatic carbocycles. The van der Waals surface area contributed by atoms with Gasteiger partial charge >= 0.3 is 0 Å². The van der Waals surface area contributed by atoms with Crippen LogP contribution in [0.2, 0.25) is 0 Å². The van der Waals surface area contributed by atoms with Gasteiger partial charge < -0.3 is 4.90 Å². The van der Waals surface area contributed by atoms with Crippen molar-refractivity contribution in [3.05, 3.63) is 41.7 Å². The minimum atomic E-state index is 0.150. The summed E-state index contributed by atoms with van der Waals surface area (Å²) >= 11 is 1.68. The predicted octanol–water partition coefficient (Wildman–Crippen LogP) is 2.69. The Morgan fingerprint density at radius 2 is 2.08 bits per heavy atom. The Morgan fingerprint density at radius 3 is 2.71 bits per heavy atom. The van der Waals surface area contributed by atoms with Crippen LogP contribution >= 0.6 is 11.8 Å². The van der Waals surface area contributed by atoms with E-state index in [4.69, 9.17) is 0 Å². The van der Waals surface area contributed by atoms with Gasteiger partial charge in [0.25, 0.3) is 0 Å². The number of piperazine rings is 1. The maximum Gasteiger partial charge on any atom is 0.241 e. The topological polar surface area (TPSA) is 41.4 Å². The van der Waals surface area contributed by atoms with Crippen LogP contribution in [-0.2, 0) is 18.4 Å². The van der Waals surface area contributed by atoms with Gasteiger partial charge in [-0.2, -0.15) is 5.10 Å². The third kappa shape index (κ3) is 3.21. The van der Waals surface area contributed by atoms with E-state index in [1.54, 1.807) is 11.8 Å². The summed E-state index contributed by atoms with van der Waals surface area (Å²) in [4.78, 5) is 18.1. The lowest BCUT2D eigenvalue weighted by Crippen LogP contribution is -2.55. The zero-order chi connectivity index (χ0) is 17.3. The minimum Gasteiger partial charge on any atom is -0.306 e. The van der Waals surface area contributed by atoms with Crippen LogP contribution in [0.25, 0.3) is 0 Å². The van der Waals surface area contributed by atoms with E-state index in [1.165, 1.54) is 5.56 Å². The first-order valence-corrected chi connectivity index (χ1v) is 9.38. The van der Waals surface area contributed by atoms with E-state index in [1.807, 2.05) is 41.0 Å². The third-order valence-electron chi connectivity index (χ3n) is 4.67. The van der Waals surface area contributed by atoms with Crippen LogP contribution in [0.5, 0.6) is 0 Å². The van der Waals surface area contributed by atoms with Gasteiger partial charge in [-0.1, -0.05) is 12.1 Å². The van der Waals surface area contributed by atoms with E-state index >= 15 is 0 Å². The molecular formula is C18H24N4OS. The second-order valence-corrected chi connectivity index (χ2v) is 7.18. The van der Waals surface area contributed by atoms with Gasteiger partial charge in [0.2, 0.25) is 5.91 Å². The number of hydrogen-bond donors (Lipinski definition) is 0. The van der Waals surface area contributed by atoms with Gasteiger partial charge in [-0.25, -0.2) is 0 Å². The maximum atomic E-state index is 12.8. The van der Waals surface area contributed by atoms with Gasteiger partial charge in [0.1, 0.15) is 0 Å². The SMILES string of the molecule is CSc1ccccc1N1C(=O)CN(Cc2cnn(C)c2C)CC1C. The van der Waals surface area contributed by atoms with Gasteiger partial charge in [-0.3, -0.25) is 14.4 Å². The molecule has 5 nitrogen and oxygen atoms in total. The lowest BCUT2D eigenvalue weighted by molar-refractivity contribution is -0.122. The molecule has 128 valence electrons. The molecule has 2 heterocycles. The highest BCUT2D eigenvalue weighted by molar-refractivity contribution is 7.98. The van der Waals surface area contributed by atoms with Crippen molar-refractivity contribution in [1.82, 2.24) is 14.7 Å². The molecule has 1 aliphatic heterocycles. The average molecular weight is 344 g/mol. The molecule has 0 bridgehead atoms. The molecule has 1 aromatic carbocycles. The number of thioether (sulfide) groups is 1. The van der Waals surface area contributed by atoms with Crippen LogP contribution in [0, 0.1) is 6.92 Å². The van der Waals surface area contributed by atoms with Crippen molar-refractivity contribution in [3.63, 3.8) is 0 Å². The summed E-state index contributed by atoms with van der Waals surface area (Å²) in [5.41, 5.74) is 3.38. The second kappa shape index (κ2) is 6.99. The van der Waals surface area contributed by atoms with Gasteiger partial charge in [-0.15, -0.1) is 11.8 Å². The number of nitrogens with zero attached hydrogens (tertiary/aromatic N) is 4. The summed E-state index contributed by atoms with van der Waals surface area (Å²) in [6.45, 7) is 6.27. The summed E-state index contributed by atoms with van der Waals surface area (Å²) in [6, 6.07) is 8.29. The molecule has 1 saturated heterocycles. The van der Waals surface area contributed by atoms with Crippen LogP contribution in [0.15, 0.2) is 35.4 Å². The minimum absolute atomic E-state index is 0.150. The van der Waals surface area contributed by atoms with Crippen molar-refractivity contribution in [2.75, 3.05) is 24.2 Å². The highest BCUT2D eigenvalue weighted by Gasteiger charge is 2.32. The molecule has 0 radical (unpaired) electrons. The Morgan fingerprint density at radius 1 is 1.33 bits per heavy atom. The van der Waals surface area contributed by atoms with E-state index in [9.17, 15) is 4.79 Å². The van der Waals surface area contributed by atoms with Crippen LogP contribution in [0.3, 0.4) is 0 Å². The predicted molar refractivity (Wildman–Crippen MR) is 98.4 cm³/mol. The zero-order valence-electron chi connectivity index (χ0n) is 14.7. The second-order valence-electron chi connectivity index (χ2n) is 6.33. The van der Waals surface area contributed by atoms with Crippen molar-refractivity contribution in [1.29, 1.82) is 0 Å². The molecule has 1 aromatic heterocycles. The van der Waals surface area contributed by atoms with Crippen molar-refractivity contribution >= 4 is 23.4 Å².